The fourth-order valence-electron chi connectivity index (χ4n) is 3.99. The van der Waals surface area contributed by atoms with Crippen molar-refractivity contribution in [2.75, 3.05) is 45.9 Å². The molecule has 0 radical (unpaired) electrons. The highest BCUT2D eigenvalue weighted by Crippen LogP contribution is 2.24. The number of amides is 3. The van der Waals surface area contributed by atoms with Gasteiger partial charge in [-0.15, -0.1) is 0 Å². The Morgan fingerprint density at radius 3 is 2.44 bits per heavy atom. The highest BCUT2D eigenvalue weighted by atomic mass is 19.1. The number of nitrogens with zero attached hydrogens (tertiary/aromatic N) is 2. The van der Waals surface area contributed by atoms with Gasteiger partial charge in [-0.1, -0.05) is 12.1 Å². The lowest BCUT2D eigenvalue weighted by molar-refractivity contribution is 0.0355. The standard InChI is InChI=1S/C24H26FN3O4/c25-19-5-2-17(3-6-19)8-9-26-22(29)18-4-7-20-21(16-18)24(31)28(23(20)30)11-1-10-27-12-14-32-15-13-27/h2-7,16H,1,8-15H2,(H,26,29). The summed E-state index contributed by atoms with van der Waals surface area (Å²) in [5, 5.41) is 2.80. The van der Waals surface area contributed by atoms with Crippen LogP contribution in [0.4, 0.5) is 4.39 Å². The molecule has 2 aliphatic rings. The van der Waals surface area contributed by atoms with E-state index in [9.17, 15) is 18.8 Å². The van der Waals surface area contributed by atoms with Gasteiger partial charge in [0.1, 0.15) is 5.82 Å². The molecule has 2 heterocycles. The van der Waals surface area contributed by atoms with Crippen LogP contribution in [0.25, 0.3) is 0 Å². The molecule has 2 aromatic carbocycles. The number of morpholine rings is 1. The predicted molar refractivity (Wildman–Crippen MR) is 116 cm³/mol. The number of carbonyl (C=O) groups excluding carboxylic acids is 3. The minimum Gasteiger partial charge on any atom is -0.379 e. The summed E-state index contributed by atoms with van der Waals surface area (Å²) < 4.78 is 18.3. The molecule has 0 spiro atoms. The number of carbonyl (C=O) groups is 3. The van der Waals surface area contributed by atoms with Gasteiger partial charge in [-0.25, -0.2) is 4.39 Å². The Bertz CT molecular complexity index is 1000. The Morgan fingerprint density at radius 1 is 0.969 bits per heavy atom. The van der Waals surface area contributed by atoms with E-state index in [-0.39, 0.29) is 29.1 Å². The first kappa shape index (κ1) is 22.1. The number of nitrogens with one attached hydrogen (secondary N) is 1. The van der Waals surface area contributed by atoms with Gasteiger partial charge in [-0.05, 0) is 48.7 Å². The van der Waals surface area contributed by atoms with Crippen molar-refractivity contribution in [2.24, 2.45) is 0 Å². The van der Waals surface area contributed by atoms with Crippen molar-refractivity contribution < 1.29 is 23.5 Å². The first-order valence-corrected chi connectivity index (χ1v) is 10.9. The normalized spacial score (nSPS) is 16.3. The Morgan fingerprint density at radius 2 is 1.69 bits per heavy atom. The second-order valence-electron chi connectivity index (χ2n) is 7.96. The second kappa shape index (κ2) is 10.0. The summed E-state index contributed by atoms with van der Waals surface area (Å²) in [7, 11) is 0. The summed E-state index contributed by atoms with van der Waals surface area (Å²) >= 11 is 0. The summed E-state index contributed by atoms with van der Waals surface area (Å²) in [4.78, 5) is 41.5. The van der Waals surface area contributed by atoms with Crippen LogP contribution >= 0.6 is 0 Å². The maximum atomic E-state index is 13.0. The Kier molecular flexibility index (Phi) is 6.92. The third kappa shape index (κ3) is 5.03. The van der Waals surface area contributed by atoms with Crippen molar-refractivity contribution in [3.05, 3.63) is 70.5 Å². The van der Waals surface area contributed by atoms with E-state index in [1.807, 2.05) is 0 Å². The maximum absolute atomic E-state index is 13.0. The summed E-state index contributed by atoms with van der Waals surface area (Å²) in [5.74, 6) is -1.28. The number of benzene rings is 2. The van der Waals surface area contributed by atoms with Gasteiger partial charge in [-0.3, -0.25) is 24.2 Å². The summed E-state index contributed by atoms with van der Waals surface area (Å²) in [6.07, 6.45) is 1.26. The molecular weight excluding hydrogens is 413 g/mol. The van der Waals surface area contributed by atoms with Gasteiger partial charge in [0.05, 0.1) is 24.3 Å². The van der Waals surface area contributed by atoms with Crippen LogP contribution in [0.15, 0.2) is 42.5 Å². The smallest absolute Gasteiger partial charge is 0.261 e. The zero-order valence-corrected chi connectivity index (χ0v) is 17.8. The van der Waals surface area contributed by atoms with Gasteiger partial charge in [-0.2, -0.15) is 0 Å². The highest BCUT2D eigenvalue weighted by Gasteiger charge is 2.35. The Labute approximate surface area is 186 Å². The Hall–Kier alpha value is -3.10. The van der Waals surface area contributed by atoms with Gasteiger partial charge in [0.15, 0.2) is 0 Å². The summed E-state index contributed by atoms with van der Waals surface area (Å²) in [5.41, 5.74) is 1.85. The minimum atomic E-state index is -0.354. The molecule has 0 saturated carbocycles. The summed E-state index contributed by atoms with van der Waals surface area (Å²) in [6, 6.07) is 10.7. The van der Waals surface area contributed by atoms with E-state index in [4.69, 9.17) is 4.74 Å². The van der Waals surface area contributed by atoms with Gasteiger partial charge in [0.25, 0.3) is 17.7 Å². The third-order valence-electron chi connectivity index (χ3n) is 5.81. The molecule has 0 bridgehead atoms. The fourth-order valence-corrected chi connectivity index (χ4v) is 3.99. The molecule has 1 saturated heterocycles. The lowest BCUT2D eigenvalue weighted by Crippen LogP contribution is -2.39. The number of halogens is 1. The number of rotatable bonds is 8. The lowest BCUT2D eigenvalue weighted by atomic mass is 10.1. The van der Waals surface area contributed by atoms with Gasteiger partial charge in [0.2, 0.25) is 0 Å². The van der Waals surface area contributed by atoms with Crippen molar-refractivity contribution in [2.45, 2.75) is 12.8 Å². The molecule has 32 heavy (non-hydrogen) atoms. The number of hydrogen-bond acceptors (Lipinski definition) is 5. The Balaban J connectivity index is 1.32. The zero-order chi connectivity index (χ0) is 22.5. The second-order valence-corrected chi connectivity index (χ2v) is 7.96. The van der Waals surface area contributed by atoms with Gasteiger partial charge >= 0.3 is 0 Å². The van der Waals surface area contributed by atoms with E-state index in [1.54, 1.807) is 24.3 Å². The van der Waals surface area contributed by atoms with Crippen LogP contribution < -0.4 is 5.32 Å². The third-order valence-corrected chi connectivity index (χ3v) is 5.81. The number of hydrogen-bond donors (Lipinski definition) is 1. The quantitative estimate of drug-likeness (QED) is 0.638. The molecule has 0 atom stereocenters. The molecule has 168 valence electrons. The van der Waals surface area contributed by atoms with Crippen molar-refractivity contribution in [1.82, 2.24) is 15.1 Å². The molecule has 0 unspecified atom stereocenters. The van der Waals surface area contributed by atoms with Crippen LogP contribution in [0.1, 0.15) is 43.1 Å². The van der Waals surface area contributed by atoms with Crippen molar-refractivity contribution in [3.63, 3.8) is 0 Å². The monoisotopic (exact) mass is 439 g/mol. The number of fused-ring (bicyclic) bond motifs is 1. The average Bonchev–Trinajstić information content (AvgIpc) is 3.05. The molecule has 1 N–H and O–H groups in total. The first-order chi connectivity index (χ1) is 15.5. The van der Waals surface area contributed by atoms with E-state index in [0.717, 1.165) is 25.2 Å². The molecule has 8 heteroatoms. The largest absolute Gasteiger partial charge is 0.379 e. The molecule has 7 nitrogen and oxygen atoms in total. The van der Waals surface area contributed by atoms with Crippen molar-refractivity contribution in [3.8, 4) is 0 Å². The molecule has 2 aliphatic heterocycles. The van der Waals surface area contributed by atoms with E-state index in [0.29, 0.717) is 50.3 Å². The predicted octanol–water partition coefficient (Wildman–Crippen LogP) is 2.12. The van der Waals surface area contributed by atoms with Gasteiger partial charge in [0, 0.05) is 38.3 Å². The molecule has 4 rings (SSSR count). The van der Waals surface area contributed by atoms with Crippen LogP contribution in [0.2, 0.25) is 0 Å². The van der Waals surface area contributed by atoms with E-state index in [1.165, 1.54) is 23.1 Å². The zero-order valence-electron chi connectivity index (χ0n) is 17.8. The topological polar surface area (TPSA) is 79.0 Å². The molecule has 0 aromatic heterocycles. The lowest BCUT2D eigenvalue weighted by Gasteiger charge is -2.27. The highest BCUT2D eigenvalue weighted by molar-refractivity contribution is 6.22. The van der Waals surface area contributed by atoms with Crippen LogP contribution in [0.3, 0.4) is 0 Å². The van der Waals surface area contributed by atoms with E-state index in [2.05, 4.69) is 10.2 Å². The minimum absolute atomic E-state index is 0.271. The molecule has 0 aliphatic carbocycles. The van der Waals surface area contributed by atoms with Crippen molar-refractivity contribution >= 4 is 17.7 Å². The molecule has 2 aromatic rings. The van der Waals surface area contributed by atoms with Crippen LogP contribution in [0.5, 0.6) is 0 Å². The number of ether oxygens (including phenoxy) is 1. The average molecular weight is 439 g/mol. The molecule has 3 amide bonds. The van der Waals surface area contributed by atoms with Crippen LogP contribution in [-0.2, 0) is 11.2 Å². The van der Waals surface area contributed by atoms with Crippen molar-refractivity contribution in [1.29, 1.82) is 0 Å². The number of imide groups is 1. The maximum Gasteiger partial charge on any atom is 0.261 e. The van der Waals surface area contributed by atoms with E-state index >= 15 is 0 Å². The SMILES string of the molecule is O=C(NCCc1ccc(F)cc1)c1ccc2c(c1)C(=O)N(CCCN1CCOCC1)C2=O. The van der Waals surface area contributed by atoms with Gasteiger partial charge < -0.3 is 10.1 Å². The van der Waals surface area contributed by atoms with Crippen LogP contribution in [-0.4, -0.2) is 73.5 Å². The first-order valence-electron chi connectivity index (χ1n) is 10.9. The fraction of sp³-hybridized carbons (Fsp3) is 0.375. The van der Waals surface area contributed by atoms with Crippen LogP contribution in [0, 0.1) is 5.82 Å². The van der Waals surface area contributed by atoms with E-state index < -0.39 is 0 Å². The molecular formula is C24H26FN3O4. The molecule has 1 fully saturated rings. The summed E-state index contributed by atoms with van der Waals surface area (Å²) in [6.45, 7) is 4.68.